The van der Waals surface area contributed by atoms with Crippen molar-refractivity contribution in [3.05, 3.63) is 67.3 Å². The first-order chi connectivity index (χ1) is 9.93. The van der Waals surface area contributed by atoms with Crippen LogP contribution in [0.15, 0.2) is 39.3 Å². The zero-order chi connectivity index (χ0) is 15.6. The van der Waals surface area contributed by atoms with Crippen LogP contribution in [0.2, 0.25) is 0 Å². The van der Waals surface area contributed by atoms with Crippen LogP contribution in [0.4, 0.5) is 4.39 Å². The molecule has 0 aromatic heterocycles. The number of nitrogens with one attached hydrogen (secondary N) is 1. The molecule has 1 unspecified atom stereocenters. The average Bonchev–Trinajstić information content (AvgIpc) is 2.41. The van der Waals surface area contributed by atoms with Crippen LogP contribution in [-0.2, 0) is 0 Å². The molecule has 1 atom stereocenters. The number of rotatable bonds is 4. The molecule has 1 N–H and O–H groups in total. The van der Waals surface area contributed by atoms with E-state index in [4.69, 9.17) is 0 Å². The predicted molar refractivity (Wildman–Crippen MR) is 93.2 cm³/mol. The first-order valence-corrected chi connectivity index (χ1v) is 8.47. The molecule has 0 bridgehead atoms. The third-order valence-electron chi connectivity index (χ3n) is 3.54. The summed E-state index contributed by atoms with van der Waals surface area (Å²) in [5.74, 6) is -0.198. The van der Waals surface area contributed by atoms with E-state index in [1.807, 2.05) is 13.0 Å². The lowest BCUT2D eigenvalue weighted by Gasteiger charge is -2.23. The van der Waals surface area contributed by atoms with Gasteiger partial charge in [0, 0.05) is 8.95 Å². The van der Waals surface area contributed by atoms with Crippen LogP contribution in [0.1, 0.15) is 35.2 Å². The number of benzene rings is 2. The molecule has 4 heteroatoms. The van der Waals surface area contributed by atoms with Gasteiger partial charge < -0.3 is 5.32 Å². The maximum atomic E-state index is 13.4. The van der Waals surface area contributed by atoms with E-state index in [9.17, 15) is 4.39 Å². The van der Waals surface area contributed by atoms with Crippen LogP contribution in [0.5, 0.6) is 0 Å². The molecule has 0 amide bonds. The van der Waals surface area contributed by atoms with Crippen molar-refractivity contribution in [1.29, 1.82) is 0 Å². The Kier molecular flexibility index (Phi) is 5.58. The van der Waals surface area contributed by atoms with Gasteiger partial charge >= 0.3 is 0 Å². The van der Waals surface area contributed by atoms with E-state index < -0.39 is 0 Å². The van der Waals surface area contributed by atoms with Gasteiger partial charge in [0.1, 0.15) is 5.82 Å². The van der Waals surface area contributed by atoms with Gasteiger partial charge in [-0.3, -0.25) is 0 Å². The van der Waals surface area contributed by atoms with E-state index in [1.165, 1.54) is 11.6 Å². The van der Waals surface area contributed by atoms with E-state index in [1.54, 1.807) is 6.07 Å². The smallest absolute Gasteiger partial charge is 0.123 e. The zero-order valence-electron chi connectivity index (χ0n) is 12.3. The van der Waals surface area contributed by atoms with Crippen molar-refractivity contribution in [2.45, 2.75) is 26.8 Å². The second kappa shape index (κ2) is 7.03. The largest absolute Gasteiger partial charge is 0.306 e. The third-order valence-corrected chi connectivity index (χ3v) is 5.08. The van der Waals surface area contributed by atoms with Crippen LogP contribution < -0.4 is 5.32 Å². The van der Waals surface area contributed by atoms with Crippen molar-refractivity contribution in [2.75, 3.05) is 6.54 Å². The molecule has 0 radical (unpaired) electrons. The molecule has 0 fully saturated rings. The summed E-state index contributed by atoms with van der Waals surface area (Å²) < 4.78 is 15.5. The van der Waals surface area contributed by atoms with Crippen LogP contribution in [0.3, 0.4) is 0 Å². The Morgan fingerprint density at radius 1 is 1.00 bits per heavy atom. The first-order valence-electron chi connectivity index (χ1n) is 6.89. The van der Waals surface area contributed by atoms with Crippen molar-refractivity contribution in [2.24, 2.45) is 0 Å². The minimum absolute atomic E-state index is 0.0295. The van der Waals surface area contributed by atoms with Gasteiger partial charge in [-0.2, -0.15) is 0 Å². The molecule has 0 spiro atoms. The lowest BCUT2D eigenvalue weighted by molar-refractivity contribution is 0.609. The standard InChI is InChI=1S/C17H18Br2FN/c1-4-21-17(13-6-5-12(20)7-10(13)2)14-9-15(18)11(3)8-16(14)19/h5-9,17,21H,4H2,1-3H3. The quantitative estimate of drug-likeness (QED) is 0.679. The van der Waals surface area contributed by atoms with Crippen LogP contribution in [-0.4, -0.2) is 6.54 Å². The molecule has 2 aromatic carbocycles. The van der Waals surface area contributed by atoms with Crippen molar-refractivity contribution < 1.29 is 4.39 Å². The highest BCUT2D eigenvalue weighted by atomic mass is 79.9. The molecule has 21 heavy (non-hydrogen) atoms. The topological polar surface area (TPSA) is 12.0 Å². The van der Waals surface area contributed by atoms with Crippen LogP contribution in [0.25, 0.3) is 0 Å². The van der Waals surface area contributed by atoms with E-state index in [0.717, 1.165) is 32.2 Å². The lowest BCUT2D eigenvalue weighted by Crippen LogP contribution is -2.23. The second-order valence-corrected chi connectivity index (χ2v) is 6.82. The van der Waals surface area contributed by atoms with Gasteiger partial charge in [-0.15, -0.1) is 0 Å². The summed E-state index contributed by atoms with van der Waals surface area (Å²) in [4.78, 5) is 0. The summed E-state index contributed by atoms with van der Waals surface area (Å²) in [5, 5.41) is 3.49. The highest BCUT2D eigenvalue weighted by Crippen LogP contribution is 2.34. The third kappa shape index (κ3) is 3.74. The number of aryl methyl sites for hydroxylation is 2. The minimum atomic E-state index is -0.198. The minimum Gasteiger partial charge on any atom is -0.306 e. The summed E-state index contributed by atoms with van der Waals surface area (Å²) in [7, 11) is 0. The monoisotopic (exact) mass is 413 g/mol. The molecule has 0 aliphatic heterocycles. The fourth-order valence-corrected chi connectivity index (χ4v) is 3.49. The van der Waals surface area contributed by atoms with Gasteiger partial charge in [0.2, 0.25) is 0 Å². The fourth-order valence-electron chi connectivity index (χ4n) is 2.44. The molecule has 2 rings (SSSR count). The summed E-state index contributed by atoms with van der Waals surface area (Å²) in [5.41, 5.74) is 4.36. The van der Waals surface area contributed by atoms with Gasteiger partial charge in [0.05, 0.1) is 6.04 Å². The van der Waals surface area contributed by atoms with Gasteiger partial charge in [-0.05, 0) is 66.9 Å². The Morgan fingerprint density at radius 3 is 2.33 bits per heavy atom. The number of hydrogen-bond acceptors (Lipinski definition) is 1. The molecule has 0 heterocycles. The second-order valence-electron chi connectivity index (χ2n) is 5.11. The van der Waals surface area contributed by atoms with Crippen molar-refractivity contribution in [1.82, 2.24) is 5.32 Å². The van der Waals surface area contributed by atoms with Crippen molar-refractivity contribution >= 4 is 31.9 Å². The van der Waals surface area contributed by atoms with E-state index in [-0.39, 0.29) is 11.9 Å². The molecule has 0 saturated heterocycles. The molecule has 1 nitrogen and oxygen atoms in total. The van der Waals surface area contributed by atoms with E-state index in [2.05, 4.69) is 63.2 Å². The number of halogens is 3. The predicted octanol–water partition coefficient (Wildman–Crippen LogP) is 5.67. The summed E-state index contributed by atoms with van der Waals surface area (Å²) in [6.07, 6.45) is 0. The van der Waals surface area contributed by atoms with Crippen LogP contribution in [0, 0.1) is 19.7 Å². The molecule has 0 aliphatic rings. The van der Waals surface area contributed by atoms with E-state index in [0.29, 0.717) is 0 Å². The highest BCUT2D eigenvalue weighted by molar-refractivity contribution is 9.11. The SMILES string of the molecule is CCNC(c1ccc(F)cc1C)c1cc(Br)c(C)cc1Br. The Balaban J connectivity index is 2.55. The molecular weight excluding hydrogens is 397 g/mol. The fraction of sp³-hybridized carbons (Fsp3) is 0.294. The summed E-state index contributed by atoms with van der Waals surface area (Å²) in [6.45, 7) is 6.91. The molecule has 112 valence electrons. The Bertz CT molecular complexity index is 655. The van der Waals surface area contributed by atoms with Gasteiger partial charge in [0.25, 0.3) is 0 Å². The van der Waals surface area contributed by atoms with E-state index >= 15 is 0 Å². The average molecular weight is 415 g/mol. The molecule has 0 saturated carbocycles. The van der Waals surface area contributed by atoms with Crippen LogP contribution >= 0.6 is 31.9 Å². The van der Waals surface area contributed by atoms with Crippen molar-refractivity contribution in [3.63, 3.8) is 0 Å². The molecule has 2 aromatic rings. The van der Waals surface area contributed by atoms with Gasteiger partial charge in [-0.1, -0.05) is 44.8 Å². The molecular formula is C17H18Br2FN. The van der Waals surface area contributed by atoms with Crippen molar-refractivity contribution in [3.8, 4) is 0 Å². The summed E-state index contributed by atoms with van der Waals surface area (Å²) in [6, 6.07) is 9.21. The Hall–Kier alpha value is -0.710. The Labute approximate surface area is 142 Å². The normalized spacial score (nSPS) is 12.5. The maximum Gasteiger partial charge on any atom is 0.123 e. The first kappa shape index (κ1) is 16.7. The Morgan fingerprint density at radius 2 is 1.71 bits per heavy atom. The van der Waals surface area contributed by atoms with Gasteiger partial charge in [-0.25, -0.2) is 4.39 Å². The lowest BCUT2D eigenvalue weighted by atomic mass is 9.94. The van der Waals surface area contributed by atoms with Gasteiger partial charge in [0.15, 0.2) is 0 Å². The maximum absolute atomic E-state index is 13.4. The number of hydrogen-bond donors (Lipinski definition) is 1. The summed E-state index contributed by atoms with van der Waals surface area (Å²) >= 11 is 7.25. The molecule has 0 aliphatic carbocycles. The highest BCUT2D eigenvalue weighted by Gasteiger charge is 2.19. The zero-order valence-corrected chi connectivity index (χ0v) is 15.5.